The van der Waals surface area contributed by atoms with Crippen LogP contribution in [0.15, 0.2) is 24.3 Å². The molecule has 1 atom stereocenters. The van der Waals surface area contributed by atoms with E-state index in [2.05, 4.69) is 6.92 Å². The Kier molecular flexibility index (Phi) is 5.44. The number of methoxy groups -OCH3 is 1. The molecule has 0 heterocycles. The molecule has 3 nitrogen and oxygen atoms in total. The van der Waals surface area contributed by atoms with Gasteiger partial charge < -0.3 is 14.6 Å². The van der Waals surface area contributed by atoms with Crippen molar-refractivity contribution in [2.45, 2.75) is 57.2 Å². The average molecular weight is 278 g/mol. The molecule has 0 saturated heterocycles. The number of aliphatic hydroxyl groups excluding tert-OH is 1. The molecule has 1 fully saturated rings. The van der Waals surface area contributed by atoms with Gasteiger partial charge >= 0.3 is 0 Å². The first-order valence-electron chi connectivity index (χ1n) is 7.68. The lowest BCUT2D eigenvalue weighted by atomic mass is 9.78. The maximum Gasteiger partial charge on any atom is 0.119 e. The van der Waals surface area contributed by atoms with Crippen molar-refractivity contribution in [3.05, 3.63) is 29.8 Å². The van der Waals surface area contributed by atoms with Crippen LogP contribution in [0.2, 0.25) is 0 Å². The number of benzene rings is 1. The van der Waals surface area contributed by atoms with Crippen molar-refractivity contribution < 1.29 is 14.6 Å². The van der Waals surface area contributed by atoms with E-state index in [1.807, 2.05) is 24.3 Å². The van der Waals surface area contributed by atoms with Gasteiger partial charge in [0.15, 0.2) is 0 Å². The summed E-state index contributed by atoms with van der Waals surface area (Å²) in [4.78, 5) is 0. The molecule has 0 amide bonds. The van der Waals surface area contributed by atoms with Crippen LogP contribution in [0.25, 0.3) is 0 Å². The number of hydrogen-bond acceptors (Lipinski definition) is 3. The summed E-state index contributed by atoms with van der Waals surface area (Å²) >= 11 is 0. The van der Waals surface area contributed by atoms with Crippen LogP contribution in [-0.2, 0) is 4.74 Å². The predicted octanol–water partition coefficient (Wildman–Crippen LogP) is 3.86. The third kappa shape index (κ3) is 3.33. The predicted molar refractivity (Wildman–Crippen MR) is 80.0 cm³/mol. The van der Waals surface area contributed by atoms with Crippen LogP contribution in [-0.4, -0.2) is 24.4 Å². The third-order valence-electron chi connectivity index (χ3n) is 4.27. The summed E-state index contributed by atoms with van der Waals surface area (Å²) in [7, 11) is 1.72. The Morgan fingerprint density at radius 2 is 1.80 bits per heavy atom. The molecule has 1 aromatic rings. The second-order valence-corrected chi connectivity index (χ2v) is 5.65. The van der Waals surface area contributed by atoms with Gasteiger partial charge in [-0.2, -0.15) is 0 Å². The summed E-state index contributed by atoms with van der Waals surface area (Å²) in [5.74, 6) is 0.859. The van der Waals surface area contributed by atoms with E-state index >= 15 is 0 Å². The monoisotopic (exact) mass is 278 g/mol. The van der Waals surface area contributed by atoms with Crippen LogP contribution in [0.1, 0.15) is 57.1 Å². The lowest BCUT2D eigenvalue weighted by Crippen LogP contribution is -2.40. The second-order valence-electron chi connectivity index (χ2n) is 5.65. The fourth-order valence-electron chi connectivity index (χ4n) is 3.01. The van der Waals surface area contributed by atoms with E-state index in [-0.39, 0.29) is 0 Å². The Balaban J connectivity index is 2.09. The van der Waals surface area contributed by atoms with Crippen molar-refractivity contribution in [2.24, 2.45) is 0 Å². The van der Waals surface area contributed by atoms with Crippen molar-refractivity contribution in [3.63, 3.8) is 0 Å². The van der Waals surface area contributed by atoms with Gasteiger partial charge in [-0.3, -0.25) is 0 Å². The summed E-state index contributed by atoms with van der Waals surface area (Å²) in [5.41, 5.74) is 0.502. The molecule has 0 aromatic heterocycles. The van der Waals surface area contributed by atoms with Crippen molar-refractivity contribution >= 4 is 0 Å². The highest BCUT2D eigenvalue weighted by Crippen LogP contribution is 2.41. The van der Waals surface area contributed by atoms with E-state index < -0.39 is 11.7 Å². The first-order chi connectivity index (χ1) is 9.72. The zero-order valence-corrected chi connectivity index (χ0v) is 12.6. The SMILES string of the molecule is CCCOc1ccc(C(O)C2(OC)CCCCC2)cc1. The molecule has 0 aliphatic heterocycles. The lowest BCUT2D eigenvalue weighted by Gasteiger charge is -2.40. The minimum Gasteiger partial charge on any atom is -0.494 e. The highest BCUT2D eigenvalue weighted by molar-refractivity contribution is 5.30. The lowest BCUT2D eigenvalue weighted by molar-refractivity contribution is -0.125. The average Bonchev–Trinajstić information content (AvgIpc) is 2.53. The van der Waals surface area contributed by atoms with E-state index in [0.717, 1.165) is 50.0 Å². The van der Waals surface area contributed by atoms with Crippen molar-refractivity contribution in [3.8, 4) is 5.75 Å². The first-order valence-corrected chi connectivity index (χ1v) is 7.68. The van der Waals surface area contributed by atoms with Crippen molar-refractivity contribution in [2.75, 3.05) is 13.7 Å². The fourth-order valence-corrected chi connectivity index (χ4v) is 3.01. The molecule has 3 heteroatoms. The Morgan fingerprint density at radius 1 is 1.15 bits per heavy atom. The van der Waals surface area contributed by atoms with Crippen LogP contribution in [0.4, 0.5) is 0 Å². The maximum absolute atomic E-state index is 10.7. The third-order valence-corrected chi connectivity index (χ3v) is 4.27. The van der Waals surface area contributed by atoms with E-state index in [0.29, 0.717) is 0 Å². The van der Waals surface area contributed by atoms with Gasteiger partial charge in [-0.1, -0.05) is 38.3 Å². The summed E-state index contributed by atoms with van der Waals surface area (Å²) in [5, 5.41) is 10.7. The number of rotatable bonds is 6. The maximum atomic E-state index is 10.7. The summed E-state index contributed by atoms with van der Waals surface area (Å²) < 4.78 is 11.3. The van der Waals surface area contributed by atoms with E-state index in [1.165, 1.54) is 6.42 Å². The van der Waals surface area contributed by atoms with Crippen LogP contribution >= 0.6 is 0 Å². The Hall–Kier alpha value is -1.06. The highest BCUT2D eigenvalue weighted by atomic mass is 16.5. The molecule has 0 radical (unpaired) electrons. The van der Waals surface area contributed by atoms with Crippen LogP contribution < -0.4 is 4.74 Å². The zero-order valence-electron chi connectivity index (χ0n) is 12.6. The highest BCUT2D eigenvalue weighted by Gasteiger charge is 2.39. The van der Waals surface area contributed by atoms with Crippen LogP contribution in [0.5, 0.6) is 5.75 Å². The summed E-state index contributed by atoms with van der Waals surface area (Å²) in [6.07, 6.45) is 5.79. The van der Waals surface area contributed by atoms with Gasteiger partial charge in [0.25, 0.3) is 0 Å². The molecule has 20 heavy (non-hydrogen) atoms. The fraction of sp³-hybridized carbons (Fsp3) is 0.647. The summed E-state index contributed by atoms with van der Waals surface area (Å²) in [6, 6.07) is 7.76. The number of hydrogen-bond donors (Lipinski definition) is 1. The van der Waals surface area contributed by atoms with Gasteiger partial charge in [0.2, 0.25) is 0 Å². The van der Waals surface area contributed by atoms with Gasteiger partial charge in [-0.25, -0.2) is 0 Å². The largest absolute Gasteiger partial charge is 0.494 e. The van der Waals surface area contributed by atoms with E-state index in [9.17, 15) is 5.11 Å². The molecular formula is C17H26O3. The molecule has 1 aromatic carbocycles. The molecule has 1 aliphatic carbocycles. The molecule has 0 bridgehead atoms. The van der Waals surface area contributed by atoms with Gasteiger partial charge in [0.1, 0.15) is 11.9 Å². The first kappa shape index (κ1) is 15.3. The second kappa shape index (κ2) is 7.09. The molecular weight excluding hydrogens is 252 g/mol. The summed E-state index contributed by atoms with van der Waals surface area (Å²) in [6.45, 7) is 2.81. The van der Waals surface area contributed by atoms with Gasteiger partial charge in [0.05, 0.1) is 12.2 Å². The van der Waals surface area contributed by atoms with Crippen LogP contribution in [0, 0.1) is 0 Å². The normalized spacial score (nSPS) is 19.6. The molecule has 0 spiro atoms. The standard InChI is InChI=1S/C17H26O3/c1-3-13-20-15-9-7-14(8-10-15)16(18)17(19-2)11-5-4-6-12-17/h7-10,16,18H,3-6,11-13H2,1-2H3. The smallest absolute Gasteiger partial charge is 0.119 e. The Bertz CT molecular complexity index is 393. The molecule has 1 aliphatic rings. The molecule has 1 saturated carbocycles. The van der Waals surface area contributed by atoms with Crippen molar-refractivity contribution in [1.82, 2.24) is 0 Å². The van der Waals surface area contributed by atoms with Gasteiger partial charge in [0, 0.05) is 7.11 Å². The Labute approximate surface area is 121 Å². The topological polar surface area (TPSA) is 38.7 Å². The minimum absolute atomic E-state index is 0.413. The number of ether oxygens (including phenoxy) is 2. The molecule has 2 rings (SSSR count). The van der Waals surface area contributed by atoms with Crippen LogP contribution in [0.3, 0.4) is 0 Å². The Morgan fingerprint density at radius 3 is 2.35 bits per heavy atom. The van der Waals surface area contributed by atoms with E-state index in [4.69, 9.17) is 9.47 Å². The molecule has 1 unspecified atom stereocenters. The number of aliphatic hydroxyl groups is 1. The van der Waals surface area contributed by atoms with Gasteiger partial charge in [-0.05, 0) is 37.0 Å². The molecule has 112 valence electrons. The van der Waals surface area contributed by atoms with E-state index in [1.54, 1.807) is 7.11 Å². The zero-order chi connectivity index (χ0) is 14.4. The van der Waals surface area contributed by atoms with Gasteiger partial charge in [-0.15, -0.1) is 0 Å². The minimum atomic E-state index is -0.562. The quantitative estimate of drug-likeness (QED) is 0.858. The van der Waals surface area contributed by atoms with Crippen molar-refractivity contribution in [1.29, 1.82) is 0 Å². The molecule has 1 N–H and O–H groups in total.